The molecule has 4 nitrogen and oxygen atoms in total. The van der Waals surface area contributed by atoms with E-state index < -0.39 is 11.9 Å². The van der Waals surface area contributed by atoms with Crippen LogP contribution in [0.3, 0.4) is 0 Å². The van der Waals surface area contributed by atoms with Gasteiger partial charge < -0.3 is 5.11 Å². The molecule has 1 aromatic heterocycles. The first-order valence-electron chi connectivity index (χ1n) is 6.75. The van der Waals surface area contributed by atoms with Gasteiger partial charge in [-0.05, 0) is 25.8 Å². The van der Waals surface area contributed by atoms with E-state index in [9.17, 15) is 4.79 Å². The summed E-state index contributed by atoms with van der Waals surface area (Å²) in [5, 5.41) is 9.41. The maximum atomic E-state index is 11.0. The number of hydrogen-bond donors (Lipinski definition) is 1. The lowest BCUT2D eigenvalue weighted by Gasteiger charge is -2.21. The van der Waals surface area contributed by atoms with Crippen molar-refractivity contribution in [3.63, 3.8) is 0 Å². The highest BCUT2D eigenvalue weighted by molar-refractivity contribution is 8.06. The number of carboxylic acid groups (broad SMARTS) is 1. The van der Waals surface area contributed by atoms with Crippen LogP contribution in [-0.4, -0.2) is 38.3 Å². The summed E-state index contributed by atoms with van der Waals surface area (Å²) in [5.41, 5.74) is 2.84. The zero-order chi connectivity index (χ0) is 14.7. The zero-order valence-electron chi connectivity index (χ0n) is 12.0. The maximum absolute atomic E-state index is 11.0. The molecule has 2 atom stereocenters. The molecular formula is C14H20N2O2S2. The summed E-state index contributed by atoms with van der Waals surface area (Å²) in [4.78, 5) is 20.3. The van der Waals surface area contributed by atoms with E-state index in [-0.39, 0.29) is 0 Å². The van der Waals surface area contributed by atoms with Crippen LogP contribution in [0.1, 0.15) is 34.9 Å². The van der Waals surface area contributed by atoms with Crippen LogP contribution in [0.25, 0.3) is 0 Å². The molecule has 1 saturated heterocycles. The molecule has 1 N–H and O–H groups in total. The molecular weight excluding hydrogens is 292 g/mol. The van der Waals surface area contributed by atoms with Gasteiger partial charge in [0.1, 0.15) is 5.82 Å². The molecule has 6 heteroatoms. The number of carboxylic acids is 1. The molecule has 2 heterocycles. The summed E-state index contributed by atoms with van der Waals surface area (Å²) in [5.74, 6) is 3.15. The highest BCUT2D eigenvalue weighted by atomic mass is 32.2. The van der Waals surface area contributed by atoms with Gasteiger partial charge in [0.15, 0.2) is 0 Å². The van der Waals surface area contributed by atoms with Crippen LogP contribution in [0.2, 0.25) is 0 Å². The molecule has 1 aliphatic heterocycles. The van der Waals surface area contributed by atoms with Crippen molar-refractivity contribution in [1.82, 2.24) is 9.97 Å². The molecule has 2 rings (SSSR count). The summed E-state index contributed by atoms with van der Waals surface area (Å²) < 4.78 is 0. The lowest BCUT2D eigenvalue weighted by atomic mass is 9.99. The van der Waals surface area contributed by atoms with E-state index >= 15 is 0 Å². The monoisotopic (exact) mass is 312 g/mol. The Morgan fingerprint density at radius 1 is 1.35 bits per heavy atom. The van der Waals surface area contributed by atoms with Gasteiger partial charge in [0, 0.05) is 28.6 Å². The quantitative estimate of drug-likeness (QED) is 0.922. The first-order valence-corrected chi connectivity index (χ1v) is 8.95. The lowest BCUT2D eigenvalue weighted by Crippen LogP contribution is -2.17. The predicted molar refractivity (Wildman–Crippen MR) is 84.5 cm³/mol. The average molecular weight is 312 g/mol. The van der Waals surface area contributed by atoms with Crippen molar-refractivity contribution >= 4 is 29.5 Å². The summed E-state index contributed by atoms with van der Waals surface area (Å²) in [7, 11) is 0. The minimum Gasteiger partial charge on any atom is -0.481 e. The summed E-state index contributed by atoms with van der Waals surface area (Å²) in [6, 6.07) is 0. The summed E-state index contributed by atoms with van der Waals surface area (Å²) >= 11 is 3.87. The number of rotatable bonds is 4. The van der Waals surface area contributed by atoms with Gasteiger partial charge in [-0.25, -0.2) is 9.97 Å². The number of aryl methyl sites for hydroxylation is 2. The molecule has 20 heavy (non-hydrogen) atoms. The van der Waals surface area contributed by atoms with E-state index in [2.05, 4.69) is 9.97 Å². The van der Waals surface area contributed by atoms with E-state index in [4.69, 9.17) is 5.11 Å². The largest absolute Gasteiger partial charge is 0.481 e. The molecule has 0 radical (unpaired) electrons. The molecule has 0 amide bonds. The molecule has 0 aliphatic carbocycles. The second kappa shape index (κ2) is 6.80. The average Bonchev–Trinajstić information content (AvgIpc) is 2.43. The van der Waals surface area contributed by atoms with Crippen molar-refractivity contribution in [3.8, 4) is 0 Å². The minimum absolute atomic E-state index is 0.372. The number of aliphatic carboxylic acids is 1. The van der Waals surface area contributed by atoms with Gasteiger partial charge in [-0.1, -0.05) is 6.92 Å². The SMILES string of the molecule is Cc1nc(C2CSCCS2)nc(C)c1CC(C)C(=O)O. The molecule has 110 valence electrons. The van der Waals surface area contributed by atoms with Gasteiger partial charge in [0.05, 0.1) is 11.2 Å². The lowest BCUT2D eigenvalue weighted by molar-refractivity contribution is -0.141. The van der Waals surface area contributed by atoms with Gasteiger partial charge >= 0.3 is 5.97 Å². The zero-order valence-corrected chi connectivity index (χ0v) is 13.7. The Labute approximate surface area is 128 Å². The van der Waals surface area contributed by atoms with Crippen LogP contribution in [0.15, 0.2) is 0 Å². The third kappa shape index (κ3) is 3.67. The fraction of sp³-hybridized carbons (Fsp3) is 0.643. The smallest absolute Gasteiger partial charge is 0.306 e. The molecule has 1 fully saturated rings. The van der Waals surface area contributed by atoms with Crippen LogP contribution in [0.5, 0.6) is 0 Å². The topological polar surface area (TPSA) is 63.1 Å². The Kier molecular flexibility index (Phi) is 5.32. The van der Waals surface area contributed by atoms with E-state index in [0.717, 1.165) is 34.3 Å². The number of hydrogen-bond acceptors (Lipinski definition) is 5. The van der Waals surface area contributed by atoms with E-state index in [1.807, 2.05) is 37.4 Å². The van der Waals surface area contributed by atoms with Crippen LogP contribution < -0.4 is 0 Å². The minimum atomic E-state index is -0.771. The molecule has 1 aliphatic rings. The fourth-order valence-electron chi connectivity index (χ4n) is 2.24. The molecule has 0 saturated carbocycles. The molecule has 0 spiro atoms. The Hall–Kier alpha value is -0.750. The third-order valence-corrected chi connectivity index (χ3v) is 6.22. The van der Waals surface area contributed by atoms with Crippen molar-refractivity contribution in [2.45, 2.75) is 32.4 Å². The van der Waals surface area contributed by atoms with Gasteiger partial charge in [-0.3, -0.25) is 4.79 Å². The van der Waals surface area contributed by atoms with Crippen molar-refractivity contribution < 1.29 is 9.90 Å². The standard InChI is InChI=1S/C14H20N2O2S2/c1-8(14(17)18)6-11-9(2)15-13(16-10(11)3)12-7-19-4-5-20-12/h8,12H,4-7H2,1-3H3,(H,17,18). The second-order valence-corrected chi connectivity index (χ2v) is 7.57. The predicted octanol–water partition coefficient (Wildman–Crippen LogP) is 2.88. The first kappa shape index (κ1) is 15.6. The number of nitrogens with zero attached hydrogens (tertiary/aromatic N) is 2. The van der Waals surface area contributed by atoms with Gasteiger partial charge in [0.25, 0.3) is 0 Å². The van der Waals surface area contributed by atoms with Crippen molar-refractivity contribution in [2.75, 3.05) is 17.3 Å². The van der Waals surface area contributed by atoms with Crippen LogP contribution in [0.4, 0.5) is 0 Å². The number of aromatic nitrogens is 2. The summed E-state index contributed by atoms with van der Waals surface area (Å²) in [6.45, 7) is 5.65. The van der Waals surface area contributed by atoms with E-state index in [0.29, 0.717) is 11.7 Å². The normalized spacial score (nSPS) is 20.6. The highest BCUT2D eigenvalue weighted by Crippen LogP contribution is 2.35. The molecule has 1 aromatic rings. The van der Waals surface area contributed by atoms with E-state index in [1.54, 1.807) is 6.92 Å². The second-order valence-electron chi connectivity index (χ2n) is 5.11. The Balaban J connectivity index is 2.21. The van der Waals surface area contributed by atoms with Crippen LogP contribution in [-0.2, 0) is 11.2 Å². The molecule has 2 unspecified atom stereocenters. The molecule has 0 aromatic carbocycles. The summed E-state index contributed by atoms with van der Waals surface area (Å²) in [6.07, 6.45) is 0.500. The van der Waals surface area contributed by atoms with Crippen molar-refractivity contribution in [1.29, 1.82) is 0 Å². The van der Waals surface area contributed by atoms with Crippen molar-refractivity contribution in [3.05, 3.63) is 22.8 Å². The number of thioether (sulfide) groups is 2. The fourth-order valence-corrected chi connectivity index (χ4v) is 4.83. The Morgan fingerprint density at radius 3 is 2.50 bits per heavy atom. The van der Waals surface area contributed by atoms with Crippen molar-refractivity contribution in [2.24, 2.45) is 5.92 Å². The van der Waals surface area contributed by atoms with Gasteiger partial charge in [0.2, 0.25) is 0 Å². The van der Waals surface area contributed by atoms with Crippen LogP contribution in [0, 0.1) is 19.8 Å². The Morgan fingerprint density at radius 2 is 2.00 bits per heavy atom. The van der Waals surface area contributed by atoms with Gasteiger partial charge in [-0.15, -0.1) is 11.8 Å². The third-order valence-electron chi connectivity index (χ3n) is 3.47. The number of carbonyl (C=O) groups is 1. The van der Waals surface area contributed by atoms with E-state index in [1.165, 1.54) is 5.75 Å². The molecule has 0 bridgehead atoms. The maximum Gasteiger partial charge on any atom is 0.306 e. The highest BCUT2D eigenvalue weighted by Gasteiger charge is 2.22. The Bertz CT molecular complexity index is 479. The first-order chi connectivity index (χ1) is 9.49. The van der Waals surface area contributed by atoms with Gasteiger partial charge in [-0.2, -0.15) is 11.8 Å². The van der Waals surface area contributed by atoms with Crippen LogP contribution >= 0.6 is 23.5 Å².